The summed E-state index contributed by atoms with van der Waals surface area (Å²) >= 11 is 0. The lowest BCUT2D eigenvalue weighted by Crippen LogP contribution is -2.27. The second-order valence-corrected chi connectivity index (χ2v) is 5.91. The Hall–Kier alpha value is -1.61. The van der Waals surface area contributed by atoms with Crippen LogP contribution in [0.15, 0.2) is 30.6 Å². The standard InChI is InChI=1S/C17H22N2O/c1-3-9-19-10-8-18-16(19)12-17(20)7-6-14-5-4-13(2)11-15(14)17/h4-5,8,10-11,20H,3,6-7,9,12H2,1-2H3. The van der Waals surface area contributed by atoms with Crippen LogP contribution in [0.3, 0.4) is 0 Å². The van der Waals surface area contributed by atoms with Crippen LogP contribution in [0.25, 0.3) is 0 Å². The Morgan fingerprint density at radius 3 is 3.05 bits per heavy atom. The molecule has 1 atom stereocenters. The zero-order chi connectivity index (χ0) is 14.2. The van der Waals surface area contributed by atoms with Crippen LogP contribution < -0.4 is 0 Å². The first-order chi connectivity index (χ1) is 9.62. The van der Waals surface area contributed by atoms with E-state index in [2.05, 4.69) is 41.6 Å². The molecule has 3 rings (SSSR count). The third-order valence-corrected chi connectivity index (χ3v) is 4.29. The molecule has 1 unspecified atom stereocenters. The van der Waals surface area contributed by atoms with Crippen molar-refractivity contribution in [3.8, 4) is 0 Å². The van der Waals surface area contributed by atoms with Crippen molar-refractivity contribution in [2.24, 2.45) is 0 Å². The fourth-order valence-electron chi connectivity index (χ4n) is 3.21. The molecule has 0 saturated heterocycles. The van der Waals surface area contributed by atoms with Gasteiger partial charge in [0, 0.05) is 25.4 Å². The molecule has 1 heterocycles. The molecule has 0 saturated carbocycles. The first-order valence-corrected chi connectivity index (χ1v) is 7.45. The zero-order valence-electron chi connectivity index (χ0n) is 12.3. The molecule has 1 N–H and O–H groups in total. The maximum Gasteiger partial charge on any atom is 0.111 e. The maximum absolute atomic E-state index is 11.1. The summed E-state index contributed by atoms with van der Waals surface area (Å²) in [4.78, 5) is 4.44. The minimum Gasteiger partial charge on any atom is -0.385 e. The van der Waals surface area contributed by atoms with Crippen LogP contribution in [0.2, 0.25) is 0 Å². The molecule has 0 radical (unpaired) electrons. The molecule has 0 bridgehead atoms. The summed E-state index contributed by atoms with van der Waals surface area (Å²) < 4.78 is 2.16. The molecule has 1 aliphatic rings. The monoisotopic (exact) mass is 270 g/mol. The molecule has 1 aromatic carbocycles. The number of aromatic nitrogens is 2. The Morgan fingerprint density at radius 2 is 2.25 bits per heavy atom. The summed E-state index contributed by atoms with van der Waals surface area (Å²) in [5, 5.41) is 11.1. The first kappa shape index (κ1) is 13.4. The van der Waals surface area contributed by atoms with Gasteiger partial charge >= 0.3 is 0 Å². The van der Waals surface area contributed by atoms with E-state index in [0.717, 1.165) is 37.2 Å². The Labute approximate surface area is 120 Å². The average Bonchev–Trinajstić information content (AvgIpc) is 2.97. The van der Waals surface area contributed by atoms with E-state index >= 15 is 0 Å². The molecule has 0 aliphatic heterocycles. The van der Waals surface area contributed by atoms with Gasteiger partial charge in [-0.3, -0.25) is 0 Å². The predicted octanol–water partition coefficient (Wildman–Crippen LogP) is 2.98. The highest BCUT2D eigenvalue weighted by Gasteiger charge is 2.37. The van der Waals surface area contributed by atoms with E-state index in [4.69, 9.17) is 0 Å². The second-order valence-electron chi connectivity index (χ2n) is 5.91. The predicted molar refractivity (Wildman–Crippen MR) is 79.6 cm³/mol. The Kier molecular flexibility index (Phi) is 3.38. The number of hydrogen-bond acceptors (Lipinski definition) is 2. The summed E-state index contributed by atoms with van der Waals surface area (Å²) in [6.45, 7) is 5.20. The van der Waals surface area contributed by atoms with Gasteiger partial charge in [0.05, 0.1) is 5.60 Å². The molecular formula is C17H22N2O. The molecule has 1 aromatic heterocycles. The smallest absolute Gasteiger partial charge is 0.111 e. The van der Waals surface area contributed by atoms with Crippen molar-refractivity contribution in [2.45, 2.75) is 51.7 Å². The lowest BCUT2D eigenvalue weighted by atomic mass is 9.91. The minimum absolute atomic E-state index is 0.608. The van der Waals surface area contributed by atoms with Gasteiger partial charge in [0.2, 0.25) is 0 Å². The average molecular weight is 270 g/mol. The Bertz CT molecular complexity index is 617. The van der Waals surface area contributed by atoms with Crippen molar-refractivity contribution in [3.05, 3.63) is 53.1 Å². The third-order valence-electron chi connectivity index (χ3n) is 4.29. The van der Waals surface area contributed by atoms with Crippen molar-refractivity contribution in [3.63, 3.8) is 0 Å². The Morgan fingerprint density at radius 1 is 1.40 bits per heavy atom. The normalized spacial score (nSPS) is 21.1. The molecule has 0 amide bonds. The largest absolute Gasteiger partial charge is 0.385 e. The van der Waals surface area contributed by atoms with E-state index in [-0.39, 0.29) is 0 Å². The SMILES string of the molecule is CCCn1ccnc1CC1(O)CCc2ccc(C)cc21. The highest BCUT2D eigenvalue weighted by atomic mass is 16.3. The van der Waals surface area contributed by atoms with E-state index < -0.39 is 5.60 Å². The van der Waals surface area contributed by atoms with Crippen LogP contribution in [0.5, 0.6) is 0 Å². The summed E-state index contributed by atoms with van der Waals surface area (Å²) in [5.41, 5.74) is 2.84. The van der Waals surface area contributed by atoms with Gasteiger partial charge in [-0.1, -0.05) is 30.7 Å². The second kappa shape index (κ2) is 5.06. The molecule has 0 fully saturated rings. The third kappa shape index (κ3) is 2.27. The number of rotatable bonds is 4. The van der Waals surface area contributed by atoms with Crippen molar-refractivity contribution in [1.29, 1.82) is 0 Å². The summed E-state index contributed by atoms with van der Waals surface area (Å²) in [6.07, 6.45) is 7.29. The fraction of sp³-hybridized carbons (Fsp3) is 0.471. The topological polar surface area (TPSA) is 38.0 Å². The van der Waals surface area contributed by atoms with Gasteiger partial charge in [0.1, 0.15) is 5.82 Å². The minimum atomic E-state index is -0.752. The molecule has 106 valence electrons. The molecule has 2 aromatic rings. The quantitative estimate of drug-likeness (QED) is 0.927. The number of benzene rings is 1. The van der Waals surface area contributed by atoms with Crippen molar-refractivity contribution >= 4 is 0 Å². The number of imidazole rings is 1. The number of nitrogens with zero attached hydrogens (tertiary/aromatic N) is 2. The van der Waals surface area contributed by atoms with Gasteiger partial charge in [-0.15, -0.1) is 0 Å². The number of aliphatic hydroxyl groups is 1. The molecule has 1 aliphatic carbocycles. The van der Waals surface area contributed by atoms with E-state index in [1.807, 2.05) is 12.4 Å². The molecular weight excluding hydrogens is 248 g/mol. The van der Waals surface area contributed by atoms with Gasteiger partial charge < -0.3 is 9.67 Å². The van der Waals surface area contributed by atoms with Crippen LogP contribution in [-0.4, -0.2) is 14.7 Å². The van der Waals surface area contributed by atoms with Gasteiger partial charge in [-0.25, -0.2) is 4.98 Å². The Balaban J connectivity index is 1.92. The van der Waals surface area contributed by atoms with Crippen LogP contribution in [-0.2, 0) is 25.0 Å². The van der Waals surface area contributed by atoms with Gasteiger partial charge in [-0.2, -0.15) is 0 Å². The number of hydrogen-bond donors (Lipinski definition) is 1. The molecule has 20 heavy (non-hydrogen) atoms. The highest BCUT2D eigenvalue weighted by Crippen LogP contribution is 2.39. The highest BCUT2D eigenvalue weighted by molar-refractivity contribution is 5.40. The summed E-state index contributed by atoms with van der Waals surface area (Å²) in [6, 6.07) is 6.42. The molecule has 3 heteroatoms. The zero-order valence-corrected chi connectivity index (χ0v) is 12.3. The number of aryl methyl sites for hydroxylation is 3. The van der Waals surface area contributed by atoms with Gasteiger partial charge in [-0.05, 0) is 37.3 Å². The summed E-state index contributed by atoms with van der Waals surface area (Å²) in [5.74, 6) is 0.990. The van der Waals surface area contributed by atoms with Crippen LogP contribution in [0, 0.1) is 6.92 Å². The first-order valence-electron chi connectivity index (χ1n) is 7.45. The maximum atomic E-state index is 11.1. The molecule has 3 nitrogen and oxygen atoms in total. The van der Waals surface area contributed by atoms with Crippen LogP contribution in [0.1, 0.15) is 42.3 Å². The summed E-state index contributed by atoms with van der Waals surface area (Å²) in [7, 11) is 0. The van der Waals surface area contributed by atoms with Gasteiger partial charge in [0.15, 0.2) is 0 Å². The number of fused-ring (bicyclic) bond motifs is 1. The van der Waals surface area contributed by atoms with Gasteiger partial charge in [0.25, 0.3) is 0 Å². The van der Waals surface area contributed by atoms with E-state index in [0.29, 0.717) is 6.42 Å². The van der Waals surface area contributed by atoms with Crippen molar-refractivity contribution in [2.75, 3.05) is 0 Å². The van der Waals surface area contributed by atoms with Crippen molar-refractivity contribution < 1.29 is 5.11 Å². The van der Waals surface area contributed by atoms with Crippen LogP contribution >= 0.6 is 0 Å². The van der Waals surface area contributed by atoms with E-state index in [1.165, 1.54) is 11.1 Å². The molecule has 0 spiro atoms. The fourth-order valence-corrected chi connectivity index (χ4v) is 3.21. The van der Waals surface area contributed by atoms with E-state index in [9.17, 15) is 5.11 Å². The van der Waals surface area contributed by atoms with Crippen molar-refractivity contribution in [1.82, 2.24) is 9.55 Å². The van der Waals surface area contributed by atoms with E-state index in [1.54, 1.807) is 0 Å². The lowest BCUT2D eigenvalue weighted by molar-refractivity contribution is 0.0360. The lowest BCUT2D eigenvalue weighted by Gasteiger charge is -2.24. The van der Waals surface area contributed by atoms with Crippen LogP contribution in [0.4, 0.5) is 0 Å².